The van der Waals surface area contributed by atoms with Crippen LogP contribution in [-0.2, 0) is 4.74 Å². The molecule has 3 unspecified atom stereocenters. The number of nitrogens with one attached hydrogen (secondary N) is 1. The molecule has 0 amide bonds. The lowest BCUT2D eigenvalue weighted by Crippen LogP contribution is -2.41. The zero-order valence-electron chi connectivity index (χ0n) is 11.6. The summed E-state index contributed by atoms with van der Waals surface area (Å²) in [4.78, 5) is 0. The smallest absolute Gasteiger partial charge is 0.122 e. The fourth-order valence-electron chi connectivity index (χ4n) is 3.01. The summed E-state index contributed by atoms with van der Waals surface area (Å²) in [6.07, 6.45) is 2.64. The molecule has 3 atom stereocenters. The highest BCUT2D eigenvalue weighted by atomic mass is 16.5. The SMILES string of the molecule is CC1CCNCC1OCC1CCOc2ccccc21. The van der Waals surface area contributed by atoms with Crippen LogP contribution >= 0.6 is 0 Å². The molecule has 3 rings (SSSR count). The Bertz CT molecular complexity index is 421. The van der Waals surface area contributed by atoms with Gasteiger partial charge in [0.15, 0.2) is 0 Å². The largest absolute Gasteiger partial charge is 0.493 e. The lowest BCUT2D eigenvalue weighted by atomic mass is 9.93. The second-order valence-corrected chi connectivity index (χ2v) is 5.71. The highest BCUT2D eigenvalue weighted by molar-refractivity contribution is 5.37. The van der Waals surface area contributed by atoms with E-state index in [1.807, 2.05) is 6.07 Å². The van der Waals surface area contributed by atoms with Crippen molar-refractivity contribution in [2.45, 2.75) is 31.8 Å². The number of hydrogen-bond donors (Lipinski definition) is 1. The molecule has 1 aromatic rings. The van der Waals surface area contributed by atoms with Crippen molar-refractivity contribution in [3.8, 4) is 5.75 Å². The Balaban J connectivity index is 1.61. The third-order valence-electron chi connectivity index (χ3n) is 4.35. The van der Waals surface area contributed by atoms with Gasteiger partial charge in [0, 0.05) is 12.5 Å². The van der Waals surface area contributed by atoms with E-state index in [0.717, 1.165) is 38.5 Å². The molecule has 0 bridgehead atoms. The maximum atomic E-state index is 6.17. The van der Waals surface area contributed by atoms with Crippen LogP contribution in [-0.4, -0.2) is 32.4 Å². The monoisotopic (exact) mass is 261 g/mol. The molecular weight excluding hydrogens is 238 g/mol. The van der Waals surface area contributed by atoms with Gasteiger partial charge in [0.1, 0.15) is 5.75 Å². The fraction of sp³-hybridized carbons (Fsp3) is 0.625. The molecule has 1 N–H and O–H groups in total. The summed E-state index contributed by atoms with van der Waals surface area (Å²) in [6.45, 7) is 6.04. The van der Waals surface area contributed by atoms with E-state index in [-0.39, 0.29) is 0 Å². The first kappa shape index (κ1) is 12.9. The van der Waals surface area contributed by atoms with Crippen molar-refractivity contribution in [1.29, 1.82) is 0 Å². The van der Waals surface area contributed by atoms with Crippen LogP contribution in [0.4, 0.5) is 0 Å². The Kier molecular flexibility index (Phi) is 4.04. The summed E-state index contributed by atoms with van der Waals surface area (Å²) in [7, 11) is 0. The predicted molar refractivity (Wildman–Crippen MR) is 75.7 cm³/mol. The van der Waals surface area contributed by atoms with Crippen LogP contribution in [0.3, 0.4) is 0 Å². The van der Waals surface area contributed by atoms with Crippen molar-refractivity contribution in [2.24, 2.45) is 5.92 Å². The molecule has 1 saturated heterocycles. The Morgan fingerprint density at radius 2 is 2.21 bits per heavy atom. The molecule has 1 fully saturated rings. The average Bonchev–Trinajstić information content (AvgIpc) is 2.46. The first-order valence-corrected chi connectivity index (χ1v) is 7.38. The molecule has 2 aliphatic heterocycles. The second-order valence-electron chi connectivity index (χ2n) is 5.71. The molecule has 0 saturated carbocycles. The molecule has 19 heavy (non-hydrogen) atoms. The molecular formula is C16H23NO2. The molecule has 3 heteroatoms. The van der Waals surface area contributed by atoms with Crippen molar-refractivity contribution in [3.63, 3.8) is 0 Å². The first-order valence-electron chi connectivity index (χ1n) is 7.38. The summed E-state index contributed by atoms with van der Waals surface area (Å²) < 4.78 is 11.9. The minimum atomic E-state index is 0.365. The first-order chi connectivity index (χ1) is 9.34. The number of piperidine rings is 1. The van der Waals surface area contributed by atoms with E-state index in [9.17, 15) is 0 Å². The van der Waals surface area contributed by atoms with Crippen LogP contribution in [0.25, 0.3) is 0 Å². The maximum Gasteiger partial charge on any atom is 0.122 e. The van der Waals surface area contributed by atoms with Crippen molar-refractivity contribution in [2.75, 3.05) is 26.3 Å². The summed E-state index contributed by atoms with van der Waals surface area (Å²) in [5, 5.41) is 3.42. The quantitative estimate of drug-likeness (QED) is 0.907. The number of para-hydroxylation sites is 1. The fourth-order valence-corrected chi connectivity index (χ4v) is 3.01. The zero-order chi connectivity index (χ0) is 13.1. The number of benzene rings is 1. The van der Waals surface area contributed by atoms with Crippen LogP contribution in [0.1, 0.15) is 31.2 Å². The molecule has 0 aliphatic carbocycles. The van der Waals surface area contributed by atoms with Gasteiger partial charge in [0.05, 0.1) is 19.3 Å². The van der Waals surface area contributed by atoms with Gasteiger partial charge in [-0.05, 0) is 36.9 Å². The molecule has 2 heterocycles. The molecule has 0 radical (unpaired) electrons. The van der Waals surface area contributed by atoms with Gasteiger partial charge in [-0.25, -0.2) is 0 Å². The van der Waals surface area contributed by atoms with Crippen LogP contribution in [0.15, 0.2) is 24.3 Å². The normalized spacial score (nSPS) is 30.5. The predicted octanol–water partition coefficient (Wildman–Crippen LogP) is 2.57. The summed E-state index contributed by atoms with van der Waals surface area (Å²) in [5.74, 6) is 2.19. The highest BCUT2D eigenvalue weighted by Crippen LogP contribution is 2.34. The van der Waals surface area contributed by atoms with Gasteiger partial charge >= 0.3 is 0 Å². The Morgan fingerprint density at radius 3 is 3.11 bits per heavy atom. The average molecular weight is 261 g/mol. The molecule has 2 aliphatic rings. The lowest BCUT2D eigenvalue weighted by Gasteiger charge is -2.32. The topological polar surface area (TPSA) is 30.5 Å². The molecule has 3 nitrogen and oxygen atoms in total. The van der Waals surface area contributed by atoms with Gasteiger partial charge in [0.2, 0.25) is 0 Å². The zero-order valence-corrected chi connectivity index (χ0v) is 11.6. The van der Waals surface area contributed by atoms with Crippen molar-refractivity contribution in [1.82, 2.24) is 5.32 Å². The minimum Gasteiger partial charge on any atom is -0.493 e. The van der Waals surface area contributed by atoms with Crippen LogP contribution in [0.5, 0.6) is 5.75 Å². The lowest BCUT2D eigenvalue weighted by molar-refractivity contribution is -0.00712. The minimum absolute atomic E-state index is 0.365. The Hall–Kier alpha value is -1.06. The van der Waals surface area contributed by atoms with Gasteiger partial charge in [-0.1, -0.05) is 25.1 Å². The van der Waals surface area contributed by atoms with Gasteiger partial charge in [-0.2, -0.15) is 0 Å². The molecule has 0 aromatic heterocycles. The van der Waals surface area contributed by atoms with Gasteiger partial charge < -0.3 is 14.8 Å². The van der Waals surface area contributed by atoms with Crippen LogP contribution < -0.4 is 10.1 Å². The van der Waals surface area contributed by atoms with E-state index in [4.69, 9.17) is 9.47 Å². The van der Waals surface area contributed by atoms with Crippen LogP contribution in [0, 0.1) is 5.92 Å². The highest BCUT2D eigenvalue weighted by Gasteiger charge is 2.25. The van der Waals surface area contributed by atoms with Gasteiger partial charge in [-0.15, -0.1) is 0 Å². The summed E-state index contributed by atoms with van der Waals surface area (Å²) in [6, 6.07) is 8.36. The molecule has 104 valence electrons. The van der Waals surface area contributed by atoms with E-state index in [1.165, 1.54) is 12.0 Å². The van der Waals surface area contributed by atoms with Crippen molar-refractivity contribution in [3.05, 3.63) is 29.8 Å². The van der Waals surface area contributed by atoms with Crippen molar-refractivity contribution < 1.29 is 9.47 Å². The Morgan fingerprint density at radius 1 is 1.32 bits per heavy atom. The standard InChI is InChI=1S/C16H23NO2/c1-12-6-8-17-10-16(12)19-11-13-7-9-18-15-5-3-2-4-14(13)15/h2-5,12-13,16-17H,6-11H2,1H3. The summed E-state index contributed by atoms with van der Waals surface area (Å²) >= 11 is 0. The van der Waals surface area contributed by atoms with E-state index in [1.54, 1.807) is 0 Å². The third kappa shape index (κ3) is 2.93. The number of rotatable bonds is 3. The van der Waals surface area contributed by atoms with E-state index >= 15 is 0 Å². The number of ether oxygens (including phenoxy) is 2. The Labute approximate surface area is 115 Å². The van der Waals surface area contributed by atoms with Crippen LogP contribution in [0.2, 0.25) is 0 Å². The van der Waals surface area contributed by atoms with Gasteiger partial charge in [-0.3, -0.25) is 0 Å². The third-order valence-corrected chi connectivity index (χ3v) is 4.35. The molecule has 0 spiro atoms. The second kappa shape index (κ2) is 5.93. The molecule has 1 aromatic carbocycles. The summed E-state index contributed by atoms with van der Waals surface area (Å²) in [5.41, 5.74) is 1.31. The number of hydrogen-bond acceptors (Lipinski definition) is 3. The number of fused-ring (bicyclic) bond motifs is 1. The van der Waals surface area contributed by atoms with E-state index in [0.29, 0.717) is 17.9 Å². The maximum absolute atomic E-state index is 6.17. The van der Waals surface area contributed by atoms with Crippen molar-refractivity contribution >= 4 is 0 Å². The van der Waals surface area contributed by atoms with Gasteiger partial charge in [0.25, 0.3) is 0 Å². The van der Waals surface area contributed by atoms with E-state index in [2.05, 4.69) is 30.4 Å². The van der Waals surface area contributed by atoms with E-state index < -0.39 is 0 Å².